The number of ether oxygens (including phenoxy) is 2. The van der Waals surface area contributed by atoms with Crippen LogP contribution in [0.25, 0.3) is 12.2 Å². The number of rotatable bonds is 6. The second-order valence-corrected chi connectivity index (χ2v) is 9.80. The molecule has 228 valence electrons. The first-order valence-electron chi connectivity index (χ1n) is 13.4. The van der Waals surface area contributed by atoms with Gasteiger partial charge in [0.1, 0.15) is 0 Å². The van der Waals surface area contributed by atoms with Gasteiger partial charge in [0, 0.05) is 68.2 Å². The van der Waals surface area contributed by atoms with Crippen molar-refractivity contribution in [2.45, 2.75) is 11.9 Å². The molecule has 2 fully saturated rings. The fourth-order valence-electron chi connectivity index (χ4n) is 4.70. The lowest BCUT2D eigenvalue weighted by Gasteiger charge is -2.34. The Bertz CT molecular complexity index is 1280. The minimum Gasteiger partial charge on any atom is -0.478 e. The van der Waals surface area contributed by atoms with Crippen LogP contribution >= 0.6 is 0 Å². The highest BCUT2D eigenvalue weighted by molar-refractivity contribution is 5.90. The predicted molar refractivity (Wildman–Crippen MR) is 156 cm³/mol. The second-order valence-electron chi connectivity index (χ2n) is 9.80. The highest BCUT2D eigenvalue weighted by atomic mass is 16.7. The van der Waals surface area contributed by atoms with E-state index in [1.807, 2.05) is 0 Å². The summed E-state index contributed by atoms with van der Waals surface area (Å²) in [7, 11) is 2.19. The molecule has 2 saturated heterocycles. The lowest BCUT2D eigenvalue weighted by molar-refractivity contribution is -0.145. The normalized spacial score (nSPS) is 19.0. The first-order valence-corrected chi connectivity index (χ1v) is 13.4. The molecule has 0 radical (unpaired) electrons. The summed E-state index contributed by atoms with van der Waals surface area (Å²) in [6, 6.07) is 16.8. The van der Waals surface area contributed by atoms with E-state index in [1.165, 1.54) is 0 Å². The maximum absolute atomic E-state index is 9.55. The summed E-state index contributed by atoms with van der Waals surface area (Å²) >= 11 is 0. The number of piperazine rings is 1. The number of nitrogens with zero attached hydrogens (tertiary/aromatic N) is 2. The van der Waals surface area contributed by atoms with E-state index in [-0.39, 0.29) is 6.10 Å². The van der Waals surface area contributed by atoms with Gasteiger partial charge in [-0.3, -0.25) is 4.90 Å². The lowest BCUT2D eigenvalue weighted by atomic mass is 9.93. The molecule has 3 aliphatic rings. The van der Waals surface area contributed by atoms with Crippen molar-refractivity contribution >= 4 is 36.0 Å². The average Bonchev–Trinajstić information content (AvgIpc) is 3.34. The third kappa shape index (κ3) is 9.72. The van der Waals surface area contributed by atoms with Gasteiger partial charge in [-0.15, -0.1) is 0 Å². The van der Waals surface area contributed by atoms with Gasteiger partial charge >= 0.3 is 23.9 Å². The van der Waals surface area contributed by atoms with E-state index in [0.29, 0.717) is 30.9 Å². The summed E-state index contributed by atoms with van der Waals surface area (Å²) in [5, 5.41) is 31.2. The van der Waals surface area contributed by atoms with Gasteiger partial charge in [0.05, 0.1) is 12.7 Å². The molecule has 2 aromatic rings. The Balaban J connectivity index is 0.000000263. The maximum atomic E-state index is 9.55. The Morgan fingerprint density at radius 2 is 1.16 bits per heavy atom. The molecule has 4 N–H and O–H groups in total. The molecule has 1 unspecified atom stereocenters. The summed E-state index contributed by atoms with van der Waals surface area (Å²) in [4.78, 5) is 43.1. The third-order valence-electron chi connectivity index (χ3n) is 6.67. The van der Waals surface area contributed by atoms with Crippen molar-refractivity contribution in [3.05, 3.63) is 95.1 Å². The number of hydrogen-bond acceptors (Lipinski definition) is 8. The molecule has 12 heteroatoms. The van der Waals surface area contributed by atoms with Gasteiger partial charge in [-0.25, -0.2) is 19.2 Å². The molecule has 5 rings (SSSR count). The Labute approximate surface area is 248 Å². The Hall–Kier alpha value is -4.62. The number of hydrogen-bond donors (Lipinski definition) is 4. The summed E-state index contributed by atoms with van der Waals surface area (Å²) in [6.45, 7) is 5.97. The van der Waals surface area contributed by atoms with Gasteiger partial charge in [-0.05, 0) is 18.2 Å². The quantitative estimate of drug-likeness (QED) is 0.360. The average molecular weight is 595 g/mol. The van der Waals surface area contributed by atoms with E-state index in [9.17, 15) is 19.2 Å². The minimum atomic E-state index is -1.26. The second kappa shape index (κ2) is 15.6. The molecule has 43 heavy (non-hydrogen) atoms. The van der Waals surface area contributed by atoms with Crippen molar-refractivity contribution in [2.24, 2.45) is 0 Å². The van der Waals surface area contributed by atoms with Crippen LogP contribution in [0.1, 0.15) is 22.3 Å². The predicted octanol–water partition coefficient (Wildman–Crippen LogP) is 2.46. The van der Waals surface area contributed by atoms with Crippen molar-refractivity contribution in [1.82, 2.24) is 9.80 Å². The molecule has 1 atom stereocenters. The smallest absolute Gasteiger partial charge is 0.328 e. The number of carboxylic acid groups (broad SMARTS) is 4. The summed E-state index contributed by atoms with van der Waals surface area (Å²) in [5.41, 5.74) is 4.53. The topological polar surface area (TPSA) is 174 Å². The zero-order chi connectivity index (χ0) is 31.4. The number of carbonyl (C=O) groups is 4. The van der Waals surface area contributed by atoms with Gasteiger partial charge in [-0.1, -0.05) is 60.7 Å². The number of fused-ring (bicyclic) bond motifs is 4. The first-order chi connectivity index (χ1) is 20.5. The maximum Gasteiger partial charge on any atom is 0.328 e. The van der Waals surface area contributed by atoms with Crippen LogP contribution in [-0.4, -0.2) is 107 Å². The fraction of sp³-hybridized carbons (Fsp3) is 0.290. The standard InChI is InChI=1S/C23H26N2O2.2C4H4O4/c1-24-12-14-25(15-13-24)16-20-17-26-23(27-20)21-8-4-2-6-18(21)10-11-19-7-3-5-9-22(19)23;2*5-3(6)1-2-4(7)8/h2-11,20H,12-17H2,1H3;2*1-2H,(H,5,6)(H,7,8)/b;2*2-1+. The number of carboxylic acids is 4. The zero-order valence-corrected chi connectivity index (χ0v) is 23.5. The molecule has 0 amide bonds. The van der Waals surface area contributed by atoms with Crippen LogP contribution in [0.3, 0.4) is 0 Å². The van der Waals surface area contributed by atoms with Crippen molar-refractivity contribution in [3.8, 4) is 0 Å². The van der Waals surface area contributed by atoms with Gasteiger partial charge in [0.25, 0.3) is 0 Å². The molecule has 12 nitrogen and oxygen atoms in total. The van der Waals surface area contributed by atoms with Crippen LogP contribution < -0.4 is 0 Å². The number of aliphatic carboxylic acids is 4. The molecule has 2 heterocycles. The Kier molecular flexibility index (Phi) is 11.9. The van der Waals surface area contributed by atoms with E-state index in [4.69, 9.17) is 29.9 Å². The molecular formula is C31H34N2O10. The van der Waals surface area contributed by atoms with Crippen LogP contribution in [0.4, 0.5) is 0 Å². The molecule has 2 aromatic carbocycles. The van der Waals surface area contributed by atoms with Gasteiger partial charge in [0.15, 0.2) is 0 Å². The van der Waals surface area contributed by atoms with Crippen LogP contribution in [0.2, 0.25) is 0 Å². The van der Waals surface area contributed by atoms with Gasteiger partial charge < -0.3 is 34.8 Å². The molecule has 1 spiro atoms. The zero-order valence-electron chi connectivity index (χ0n) is 23.5. The molecule has 1 aliphatic carbocycles. The van der Waals surface area contributed by atoms with E-state index in [0.717, 1.165) is 55.0 Å². The van der Waals surface area contributed by atoms with Crippen LogP contribution in [0.15, 0.2) is 72.8 Å². The van der Waals surface area contributed by atoms with Crippen molar-refractivity contribution in [2.75, 3.05) is 46.4 Å². The molecule has 0 bridgehead atoms. The Morgan fingerprint density at radius 3 is 1.58 bits per heavy atom. The molecule has 0 aromatic heterocycles. The number of likely N-dealkylation sites (N-methyl/N-ethyl adjacent to an activating group) is 1. The third-order valence-corrected chi connectivity index (χ3v) is 6.67. The highest BCUT2D eigenvalue weighted by Crippen LogP contribution is 2.45. The SMILES string of the molecule is CN1CCN(CC2COC3(O2)c2ccccc2C=Cc2ccccc23)CC1.O=C(O)/C=C/C(=O)O.O=C(O)/C=C/C(=O)O. The first kappa shape index (κ1) is 32.9. The molecule has 0 saturated carbocycles. The largest absolute Gasteiger partial charge is 0.478 e. The highest BCUT2D eigenvalue weighted by Gasteiger charge is 2.47. The summed E-state index contributed by atoms with van der Waals surface area (Å²) in [6.07, 6.45) is 6.65. The monoisotopic (exact) mass is 594 g/mol. The van der Waals surface area contributed by atoms with Crippen LogP contribution in [-0.2, 0) is 34.4 Å². The van der Waals surface area contributed by atoms with E-state index < -0.39 is 29.7 Å². The van der Waals surface area contributed by atoms with Crippen molar-refractivity contribution < 1.29 is 49.1 Å². The van der Waals surface area contributed by atoms with Crippen LogP contribution in [0.5, 0.6) is 0 Å². The van der Waals surface area contributed by atoms with Gasteiger partial charge in [0.2, 0.25) is 5.79 Å². The fourth-order valence-corrected chi connectivity index (χ4v) is 4.70. The summed E-state index contributed by atoms with van der Waals surface area (Å²) < 4.78 is 13.2. The lowest BCUT2D eigenvalue weighted by Crippen LogP contribution is -2.47. The van der Waals surface area contributed by atoms with E-state index in [2.05, 4.69) is 77.5 Å². The van der Waals surface area contributed by atoms with E-state index in [1.54, 1.807) is 0 Å². The molecular weight excluding hydrogens is 560 g/mol. The van der Waals surface area contributed by atoms with E-state index >= 15 is 0 Å². The summed E-state index contributed by atoms with van der Waals surface area (Å²) in [5.74, 6) is -5.84. The number of benzene rings is 2. The van der Waals surface area contributed by atoms with Crippen LogP contribution in [0, 0.1) is 0 Å². The minimum absolute atomic E-state index is 0.0765. The van der Waals surface area contributed by atoms with Crippen molar-refractivity contribution in [1.29, 1.82) is 0 Å². The van der Waals surface area contributed by atoms with Crippen molar-refractivity contribution in [3.63, 3.8) is 0 Å². The Morgan fingerprint density at radius 1 is 0.744 bits per heavy atom. The molecule has 2 aliphatic heterocycles. The van der Waals surface area contributed by atoms with Gasteiger partial charge in [-0.2, -0.15) is 0 Å².